The van der Waals surface area contributed by atoms with Crippen LogP contribution in [0.1, 0.15) is 60.4 Å². The Balaban J connectivity index is 1.48. The lowest BCUT2D eigenvalue weighted by atomic mass is 9.92. The molecule has 0 spiro atoms. The van der Waals surface area contributed by atoms with Gasteiger partial charge in [0.05, 0.1) is 29.7 Å². The molecule has 1 aliphatic rings. The van der Waals surface area contributed by atoms with Crippen LogP contribution < -0.4 is 9.47 Å². The van der Waals surface area contributed by atoms with Crippen LogP contribution in [0.2, 0.25) is 5.02 Å². The number of aliphatic carboxylic acids is 1. The van der Waals surface area contributed by atoms with Crippen LogP contribution in [0.4, 0.5) is 0 Å². The summed E-state index contributed by atoms with van der Waals surface area (Å²) in [5.41, 5.74) is 2.82. The third-order valence-corrected chi connectivity index (χ3v) is 6.19. The minimum atomic E-state index is -0.907. The molecule has 0 radical (unpaired) electrons. The molecule has 0 aliphatic carbocycles. The molecule has 2 heterocycles. The first-order valence-corrected chi connectivity index (χ1v) is 11.4. The van der Waals surface area contributed by atoms with E-state index in [9.17, 15) is 14.7 Å². The first kappa shape index (κ1) is 23.8. The summed E-state index contributed by atoms with van der Waals surface area (Å²) in [5.74, 6) is -0.268. The van der Waals surface area contributed by atoms with Crippen LogP contribution >= 0.6 is 11.6 Å². The Labute approximate surface area is 203 Å². The number of aryl methyl sites for hydroxylation is 1. The van der Waals surface area contributed by atoms with Crippen LogP contribution in [0.15, 0.2) is 42.5 Å². The van der Waals surface area contributed by atoms with Gasteiger partial charge in [0.15, 0.2) is 5.78 Å². The highest BCUT2D eigenvalue weighted by Crippen LogP contribution is 2.41. The number of ketones is 1. The summed E-state index contributed by atoms with van der Waals surface area (Å²) in [6, 6.07) is 12.0. The zero-order valence-corrected chi connectivity index (χ0v) is 20.3. The molecule has 8 heteroatoms. The second-order valence-electron chi connectivity index (χ2n) is 9.47. The molecule has 0 fully saturated rings. The van der Waals surface area contributed by atoms with Crippen molar-refractivity contribution in [2.45, 2.75) is 44.9 Å². The van der Waals surface area contributed by atoms with E-state index in [4.69, 9.17) is 21.1 Å². The fraction of sp³-hybridized carbons (Fsp3) is 0.346. The van der Waals surface area contributed by atoms with Gasteiger partial charge >= 0.3 is 5.97 Å². The standard InChI is InChI=1S/C26H27ClN2O5/c1-26(2,3)24-12-16(29(4)28-24)11-21(30)15-5-7-17(8-6-15)34-23-14-22-19(13-20(23)27)18(25(31)32)9-10-33-22/h5-8,12-14,18H,9-11H2,1-4H3,(H,31,32). The SMILES string of the molecule is Cn1nc(C(C)(C)C)cc1CC(=O)c1ccc(Oc2cc3c(cc2Cl)C(C(=O)O)CCO3)cc1. The zero-order chi connectivity index (χ0) is 24.6. The molecule has 4 rings (SSSR count). The van der Waals surface area contributed by atoms with Crippen LogP contribution in [-0.2, 0) is 23.7 Å². The molecular weight excluding hydrogens is 456 g/mol. The highest BCUT2D eigenvalue weighted by molar-refractivity contribution is 6.32. The molecule has 0 saturated heterocycles. The molecule has 0 bridgehead atoms. The van der Waals surface area contributed by atoms with Crippen molar-refractivity contribution in [2.24, 2.45) is 7.05 Å². The average molecular weight is 483 g/mol. The number of halogens is 1. The normalized spacial score (nSPS) is 15.4. The quantitative estimate of drug-likeness (QED) is 0.464. The summed E-state index contributed by atoms with van der Waals surface area (Å²) in [5, 5.41) is 14.3. The largest absolute Gasteiger partial charge is 0.493 e. The topological polar surface area (TPSA) is 90.7 Å². The zero-order valence-electron chi connectivity index (χ0n) is 19.6. The van der Waals surface area contributed by atoms with E-state index in [1.165, 1.54) is 0 Å². The molecular formula is C26H27ClN2O5. The van der Waals surface area contributed by atoms with Crippen molar-refractivity contribution in [3.63, 3.8) is 0 Å². The molecule has 1 aliphatic heterocycles. The fourth-order valence-electron chi connectivity index (χ4n) is 3.86. The van der Waals surface area contributed by atoms with Gasteiger partial charge in [-0.05, 0) is 42.8 Å². The van der Waals surface area contributed by atoms with Crippen molar-refractivity contribution in [1.29, 1.82) is 0 Å². The first-order chi connectivity index (χ1) is 16.0. The number of hydrogen-bond acceptors (Lipinski definition) is 5. The van der Waals surface area contributed by atoms with Gasteiger partial charge in [0, 0.05) is 35.3 Å². The van der Waals surface area contributed by atoms with Crippen LogP contribution in [0.3, 0.4) is 0 Å². The smallest absolute Gasteiger partial charge is 0.311 e. The van der Waals surface area contributed by atoms with Gasteiger partial charge in [0.2, 0.25) is 0 Å². The Kier molecular flexibility index (Phi) is 6.41. The Bertz CT molecular complexity index is 1240. The summed E-state index contributed by atoms with van der Waals surface area (Å²) < 4.78 is 13.3. The minimum absolute atomic E-state index is 0.0186. The van der Waals surface area contributed by atoms with E-state index in [1.54, 1.807) is 41.1 Å². The number of carboxylic acids is 1. The number of ether oxygens (including phenoxy) is 2. The van der Waals surface area contributed by atoms with Crippen LogP contribution in [0, 0.1) is 0 Å². The van der Waals surface area contributed by atoms with Crippen molar-refractivity contribution >= 4 is 23.4 Å². The number of carbonyl (C=O) groups excluding carboxylic acids is 1. The molecule has 2 aromatic carbocycles. The Hall–Kier alpha value is -3.32. The van der Waals surface area contributed by atoms with Gasteiger partial charge in [0.1, 0.15) is 17.2 Å². The maximum atomic E-state index is 12.8. The lowest BCUT2D eigenvalue weighted by Crippen LogP contribution is -2.20. The van der Waals surface area contributed by atoms with Crippen molar-refractivity contribution in [3.8, 4) is 17.2 Å². The van der Waals surface area contributed by atoms with Gasteiger partial charge in [0.25, 0.3) is 0 Å². The van der Waals surface area contributed by atoms with Crippen molar-refractivity contribution in [2.75, 3.05) is 6.61 Å². The molecule has 1 N–H and O–H groups in total. The summed E-state index contributed by atoms with van der Waals surface area (Å²) >= 11 is 6.37. The number of benzene rings is 2. The van der Waals surface area contributed by atoms with E-state index in [-0.39, 0.29) is 17.6 Å². The third kappa shape index (κ3) is 4.94. The molecule has 3 aromatic rings. The second-order valence-corrected chi connectivity index (χ2v) is 9.88. The Morgan fingerprint density at radius 1 is 1.21 bits per heavy atom. The van der Waals surface area contributed by atoms with Crippen LogP contribution in [0.25, 0.3) is 0 Å². The van der Waals surface area contributed by atoms with E-state index in [0.29, 0.717) is 46.4 Å². The second kappa shape index (κ2) is 9.14. The van der Waals surface area contributed by atoms with E-state index in [1.807, 2.05) is 13.1 Å². The van der Waals surface area contributed by atoms with Crippen molar-refractivity contribution in [3.05, 3.63) is 70.0 Å². The van der Waals surface area contributed by atoms with E-state index < -0.39 is 11.9 Å². The number of aromatic nitrogens is 2. The number of Topliss-reactive ketones (excluding diaryl/α,β-unsaturated/α-hetero) is 1. The van der Waals surface area contributed by atoms with Gasteiger partial charge in [-0.15, -0.1) is 0 Å². The number of rotatable bonds is 6. The maximum Gasteiger partial charge on any atom is 0.311 e. The Morgan fingerprint density at radius 3 is 2.53 bits per heavy atom. The number of fused-ring (bicyclic) bond motifs is 1. The molecule has 1 unspecified atom stereocenters. The molecule has 0 amide bonds. The fourth-order valence-corrected chi connectivity index (χ4v) is 4.08. The van der Waals surface area contributed by atoms with Crippen LogP contribution in [-0.4, -0.2) is 33.2 Å². The van der Waals surface area contributed by atoms with Gasteiger partial charge in [-0.3, -0.25) is 14.3 Å². The third-order valence-electron chi connectivity index (χ3n) is 5.89. The molecule has 178 valence electrons. The van der Waals surface area contributed by atoms with Crippen LogP contribution in [0.5, 0.6) is 17.2 Å². The summed E-state index contributed by atoms with van der Waals surface area (Å²) in [7, 11) is 1.85. The molecule has 1 atom stereocenters. The number of carbonyl (C=O) groups is 2. The first-order valence-electron chi connectivity index (χ1n) is 11.1. The van der Waals surface area contributed by atoms with E-state index in [2.05, 4.69) is 25.9 Å². The summed E-state index contributed by atoms with van der Waals surface area (Å²) in [6.07, 6.45) is 0.642. The lowest BCUT2D eigenvalue weighted by Gasteiger charge is -2.24. The monoisotopic (exact) mass is 482 g/mol. The minimum Gasteiger partial charge on any atom is -0.493 e. The molecule has 0 saturated carbocycles. The Morgan fingerprint density at radius 2 is 1.91 bits per heavy atom. The number of nitrogens with zero attached hydrogens (tertiary/aromatic N) is 2. The highest BCUT2D eigenvalue weighted by Gasteiger charge is 2.29. The van der Waals surface area contributed by atoms with Gasteiger partial charge in [-0.1, -0.05) is 32.4 Å². The van der Waals surface area contributed by atoms with Gasteiger partial charge < -0.3 is 14.6 Å². The molecule has 34 heavy (non-hydrogen) atoms. The average Bonchev–Trinajstić information content (AvgIpc) is 3.15. The van der Waals surface area contributed by atoms with Crippen molar-refractivity contribution in [1.82, 2.24) is 9.78 Å². The highest BCUT2D eigenvalue weighted by atomic mass is 35.5. The summed E-state index contributed by atoms with van der Waals surface area (Å²) in [4.78, 5) is 24.3. The molecule has 1 aromatic heterocycles. The van der Waals surface area contributed by atoms with Gasteiger partial charge in [-0.2, -0.15) is 5.10 Å². The molecule has 7 nitrogen and oxygen atoms in total. The predicted molar refractivity (Wildman–Crippen MR) is 128 cm³/mol. The number of carboxylic acid groups (broad SMARTS) is 1. The van der Waals surface area contributed by atoms with Crippen molar-refractivity contribution < 1.29 is 24.2 Å². The number of hydrogen-bond donors (Lipinski definition) is 1. The predicted octanol–water partition coefficient (Wildman–Crippen LogP) is 5.54. The summed E-state index contributed by atoms with van der Waals surface area (Å²) in [6.45, 7) is 6.58. The van der Waals surface area contributed by atoms with Gasteiger partial charge in [-0.25, -0.2) is 0 Å². The maximum absolute atomic E-state index is 12.8. The van der Waals surface area contributed by atoms with E-state index >= 15 is 0 Å². The lowest BCUT2D eigenvalue weighted by molar-refractivity contribution is -0.139. The van der Waals surface area contributed by atoms with E-state index in [0.717, 1.165) is 11.4 Å².